The molecule has 0 unspecified atom stereocenters. The number of hydrogen-bond donors (Lipinski definition) is 4. The van der Waals surface area contributed by atoms with Gasteiger partial charge in [0.1, 0.15) is 5.69 Å². The quantitative estimate of drug-likeness (QED) is 0.342. The standard InChI is InChI=1S/C18H21N5O5S/c1-10-17(23-28)29-18(20-10)22-16(27)13-7-6-12(9-14(13)21-11(2)24)19-8-4-3-5-15(25)26/h6-7,9,19H,3-5,8H2,1-2H3,(H,21,24)(H,25,26)(H,20,22,27)/p+1. The van der Waals surface area contributed by atoms with Gasteiger partial charge in [0.25, 0.3) is 0 Å². The topological polar surface area (TPSA) is 151 Å². The fourth-order valence-electron chi connectivity index (χ4n) is 2.52. The van der Waals surface area contributed by atoms with E-state index in [1.807, 2.05) is 0 Å². The molecule has 2 amide bonds. The molecule has 0 bridgehead atoms. The maximum atomic E-state index is 12.6. The zero-order chi connectivity index (χ0) is 21.4. The minimum absolute atomic E-state index is 0.110. The average molecular weight is 420 g/mol. The smallest absolute Gasteiger partial charge is 0.341 e. The summed E-state index contributed by atoms with van der Waals surface area (Å²) in [7, 11) is 0. The number of carbonyl (C=O) groups excluding carboxylic acids is 2. The number of carbonyl (C=O) groups is 3. The van der Waals surface area contributed by atoms with Gasteiger partial charge in [-0.25, -0.2) is 9.78 Å². The van der Waals surface area contributed by atoms with Gasteiger partial charge < -0.3 is 15.7 Å². The Morgan fingerprint density at radius 2 is 1.97 bits per heavy atom. The van der Waals surface area contributed by atoms with E-state index in [9.17, 15) is 19.3 Å². The number of thiazole rings is 1. The Morgan fingerprint density at radius 1 is 1.21 bits per heavy atom. The summed E-state index contributed by atoms with van der Waals surface area (Å²) in [5, 5.41) is 20.6. The third kappa shape index (κ3) is 6.64. The lowest BCUT2D eigenvalue weighted by Crippen LogP contribution is -2.20. The molecule has 0 atom stereocenters. The largest absolute Gasteiger partial charge is 0.481 e. The van der Waals surface area contributed by atoms with Crippen LogP contribution in [0.5, 0.6) is 0 Å². The molecule has 1 heterocycles. The number of carboxylic acids is 1. The van der Waals surface area contributed by atoms with Crippen molar-refractivity contribution < 1.29 is 24.5 Å². The summed E-state index contributed by atoms with van der Waals surface area (Å²) in [5.41, 5.74) is 1.81. The molecule has 0 aliphatic rings. The molecular weight excluding hydrogens is 398 g/mol. The number of benzene rings is 1. The molecule has 0 spiro atoms. The highest BCUT2D eigenvalue weighted by molar-refractivity contribution is 7.19. The zero-order valence-corrected chi connectivity index (χ0v) is 16.8. The highest BCUT2D eigenvalue weighted by Crippen LogP contribution is 2.28. The third-order valence-electron chi connectivity index (χ3n) is 3.85. The fourth-order valence-corrected chi connectivity index (χ4v) is 3.30. The van der Waals surface area contributed by atoms with Crippen molar-refractivity contribution in [3.8, 4) is 0 Å². The van der Waals surface area contributed by atoms with E-state index < -0.39 is 11.9 Å². The van der Waals surface area contributed by atoms with Gasteiger partial charge in [0.15, 0.2) is 0 Å². The Morgan fingerprint density at radius 3 is 2.59 bits per heavy atom. The predicted octanol–water partition coefficient (Wildman–Crippen LogP) is 3.15. The van der Waals surface area contributed by atoms with Crippen molar-refractivity contribution in [1.29, 1.82) is 0 Å². The number of hydrogen-bond acceptors (Lipinski definition) is 7. The number of aromatic nitrogens is 1. The van der Waals surface area contributed by atoms with Crippen LogP contribution in [0, 0.1) is 11.8 Å². The van der Waals surface area contributed by atoms with Crippen molar-refractivity contribution in [2.75, 3.05) is 22.5 Å². The van der Waals surface area contributed by atoms with Gasteiger partial charge in [0.2, 0.25) is 10.9 Å². The molecule has 0 aliphatic carbocycles. The van der Waals surface area contributed by atoms with Crippen molar-refractivity contribution in [3.05, 3.63) is 34.4 Å². The second-order valence-electron chi connectivity index (χ2n) is 6.25. The van der Waals surface area contributed by atoms with E-state index in [0.717, 1.165) is 11.3 Å². The van der Waals surface area contributed by atoms with Crippen molar-refractivity contribution in [3.63, 3.8) is 0 Å². The first-order valence-corrected chi connectivity index (χ1v) is 9.66. The number of anilines is 3. The second-order valence-corrected chi connectivity index (χ2v) is 7.25. The lowest BCUT2D eigenvalue weighted by Gasteiger charge is -2.11. The maximum absolute atomic E-state index is 12.6. The maximum Gasteiger partial charge on any atom is 0.341 e. The molecule has 5 N–H and O–H groups in total. The number of aliphatic carboxylic acids is 1. The van der Waals surface area contributed by atoms with E-state index in [0.29, 0.717) is 41.6 Å². The summed E-state index contributed by atoms with van der Waals surface area (Å²) in [6.45, 7) is 3.57. The van der Waals surface area contributed by atoms with Crippen LogP contribution in [0.1, 0.15) is 42.2 Å². The number of unbranched alkanes of at least 4 members (excludes halogenated alkanes) is 1. The molecule has 10 nitrogen and oxygen atoms in total. The molecule has 2 aromatic rings. The van der Waals surface area contributed by atoms with Gasteiger partial charge in [-0.1, -0.05) is 0 Å². The minimum atomic E-state index is -0.831. The highest BCUT2D eigenvalue weighted by atomic mass is 32.1. The molecule has 0 saturated carbocycles. The van der Waals surface area contributed by atoms with Crippen LogP contribution in [0.3, 0.4) is 0 Å². The lowest BCUT2D eigenvalue weighted by atomic mass is 10.1. The molecule has 0 fully saturated rings. The number of amides is 2. The first-order chi connectivity index (χ1) is 13.8. The Bertz CT molecular complexity index is 927. The van der Waals surface area contributed by atoms with Crippen LogP contribution in [0.15, 0.2) is 23.4 Å². The average Bonchev–Trinajstić information content (AvgIpc) is 3.00. The van der Waals surface area contributed by atoms with Gasteiger partial charge in [-0.15, -0.1) is 4.91 Å². The Labute approximate surface area is 170 Å². The number of rotatable bonds is 10. The number of nitrogens with one attached hydrogen (secondary N) is 4. The van der Waals surface area contributed by atoms with Crippen LogP contribution in [0.4, 0.5) is 21.5 Å². The monoisotopic (exact) mass is 420 g/mol. The molecule has 2 rings (SSSR count). The Balaban J connectivity index is 2.10. The number of nitroso groups, excluding NO2 is 1. The molecule has 1 aromatic heterocycles. The number of carboxylic acid groups (broad SMARTS) is 1. The van der Waals surface area contributed by atoms with Gasteiger partial charge in [0, 0.05) is 32.5 Å². The summed E-state index contributed by atoms with van der Waals surface area (Å²) < 4.78 is 0. The van der Waals surface area contributed by atoms with E-state index >= 15 is 0 Å². The summed E-state index contributed by atoms with van der Waals surface area (Å²) in [4.78, 5) is 48.3. The number of aromatic amines is 1. The molecular formula is C18H22N5O5S+. The molecule has 0 radical (unpaired) electrons. The van der Waals surface area contributed by atoms with Crippen molar-refractivity contribution in [2.45, 2.75) is 33.1 Å². The first-order valence-electron chi connectivity index (χ1n) is 8.85. The van der Waals surface area contributed by atoms with E-state index in [2.05, 4.69) is 26.1 Å². The van der Waals surface area contributed by atoms with Crippen LogP contribution in [0.25, 0.3) is 0 Å². The van der Waals surface area contributed by atoms with E-state index in [1.165, 1.54) is 6.92 Å². The van der Waals surface area contributed by atoms with Crippen LogP contribution >= 0.6 is 11.3 Å². The summed E-state index contributed by atoms with van der Waals surface area (Å²) in [5.74, 6) is -1.62. The van der Waals surface area contributed by atoms with Crippen LogP contribution in [0.2, 0.25) is 0 Å². The second kappa shape index (κ2) is 10.3. The summed E-state index contributed by atoms with van der Waals surface area (Å²) in [6.07, 6.45) is 1.33. The fraction of sp³-hybridized carbons (Fsp3) is 0.333. The third-order valence-corrected chi connectivity index (χ3v) is 4.83. The van der Waals surface area contributed by atoms with Gasteiger partial charge >= 0.3 is 17.0 Å². The normalized spacial score (nSPS) is 10.3. The van der Waals surface area contributed by atoms with Crippen LogP contribution in [-0.4, -0.2) is 29.4 Å². The Kier molecular flexibility index (Phi) is 7.78. The summed E-state index contributed by atoms with van der Waals surface area (Å²) in [6, 6.07) is 4.90. The zero-order valence-electron chi connectivity index (χ0n) is 16.0. The SMILES string of the molecule is CC(=O)Nc1cc(NCCCCC(=O)O)ccc1C(=O)Nc1[nH+]c(C)c(N=O)s1. The van der Waals surface area contributed by atoms with E-state index in [4.69, 9.17) is 5.11 Å². The highest BCUT2D eigenvalue weighted by Gasteiger charge is 2.21. The number of nitrogens with zero attached hydrogens (tertiary/aromatic N) is 1. The van der Waals surface area contributed by atoms with Crippen molar-refractivity contribution in [2.24, 2.45) is 5.18 Å². The number of aryl methyl sites for hydroxylation is 1. The Hall–Kier alpha value is -3.34. The predicted molar refractivity (Wildman–Crippen MR) is 110 cm³/mol. The minimum Gasteiger partial charge on any atom is -0.481 e. The van der Waals surface area contributed by atoms with Gasteiger partial charge in [-0.05, 0) is 47.6 Å². The summed E-state index contributed by atoms with van der Waals surface area (Å²) >= 11 is 1.01. The molecule has 1 aromatic carbocycles. The van der Waals surface area contributed by atoms with Gasteiger partial charge in [-0.3, -0.25) is 9.59 Å². The molecule has 154 valence electrons. The van der Waals surface area contributed by atoms with Crippen molar-refractivity contribution >= 4 is 50.6 Å². The molecule has 0 aliphatic heterocycles. The number of H-pyrrole nitrogens is 1. The van der Waals surface area contributed by atoms with Crippen LogP contribution in [-0.2, 0) is 9.59 Å². The molecule has 29 heavy (non-hydrogen) atoms. The van der Waals surface area contributed by atoms with E-state index in [-0.39, 0.29) is 22.9 Å². The lowest BCUT2D eigenvalue weighted by molar-refractivity contribution is -0.363. The molecule has 11 heteroatoms. The van der Waals surface area contributed by atoms with Gasteiger partial charge in [0.05, 0.1) is 11.3 Å². The first kappa shape index (κ1) is 22.0. The van der Waals surface area contributed by atoms with Crippen LogP contribution < -0.4 is 20.9 Å². The molecule has 0 saturated heterocycles. The van der Waals surface area contributed by atoms with E-state index in [1.54, 1.807) is 25.1 Å². The van der Waals surface area contributed by atoms with Crippen molar-refractivity contribution in [1.82, 2.24) is 0 Å². The van der Waals surface area contributed by atoms with Gasteiger partial charge in [-0.2, -0.15) is 5.32 Å².